The predicted octanol–water partition coefficient (Wildman–Crippen LogP) is 7.00. The Hall–Kier alpha value is -4.71. The number of ether oxygens (including phenoxy) is 4. The van der Waals surface area contributed by atoms with Crippen LogP contribution in [0.4, 0.5) is 9.93 Å². The molecule has 0 bridgehead atoms. The molecule has 7 rings (SSSR count). The van der Waals surface area contributed by atoms with Crippen molar-refractivity contribution in [3.8, 4) is 22.9 Å². The number of pyridine rings is 1. The number of fused-ring (bicyclic) bond motifs is 1. The molecular weight excluding hydrogens is 874 g/mol. The van der Waals surface area contributed by atoms with Crippen LogP contribution in [0.3, 0.4) is 0 Å². The van der Waals surface area contributed by atoms with Crippen molar-refractivity contribution in [1.29, 1.82) is 0 Å². The van der Waals surface area contributed by atoms with Gasteiger partial charge in [0.2, 0.25) is 11.8 Å². The summed E-state index contributed by atoms with van der Waals surface area (Å²) in [7, 11) is 1.73. The van der Waals surface area contributed by atoms with Crippen LogP contribution in [0.15, 0.2) is 36.2 Å². The molecule has 2 saturated carbocycles. The summed E-state index contributed by atoms with van der Waals surface area (Å²) in [4.78, 5) is 68.6. The van der Waals surface area contributed by atoms with Gasteiger partial charge in [0.25, 0.3) is 0 Å². The number of methoxy groups -OCH3 is 1. The molecule has 1 aromatic carbocycles. The van der Waals surface area contributed by atoms with E-state index in [1.54, 1.807) is 19.2 Å². The zero-order valence-corrected chi connectivity index (χ0v) is 40.2. The van der Waals surface area contributed by atoms with Gasteiger partial charge in [0.1, 0.15) is 58.7 Å². The number of anilines is 1. The minimum absolute atomic E-state index is 0.0127. The van der Waals surface area contributed by atoms with E-state index < -0.39 is 58.9 Å². The summed E-state index contributed by atoms with van der Waals surface area (Å²) in [5, 5.41) is 22.6. The van der Waals surface area contributed by atoms with Crippen molar-refractivity contribution in [2.45, 2.75) is 123 Å². The number of likely N-dealkylation sites (tertiary alicyclic amines) is 2. The van der Waals surface area contributed by atoms with E-state index in [9.17, 15) is 24.3 Å². The van der Waals surface area contributed by atoms with Crippen LogP contribution in [0.5, 0.6) is 11.5 Å². The van der Waals surface area contributed by atoms with E-state index in [1.807, 2.05) is 46.1 Å². The van der Waals surface area contributed by atoms with Gasteiger partial charge in [0, 0.05) is 62.0 Å². The van der Waals surface area contributed by atoms with Gasteiger partial charge in [-0.3, -0.25) is 14.5 Å². The predicted molar refractivity (Wildman–Crippen MR) is 250 cm³/mol. The summed E-state index contributed by atoms with van der Waals surface area (Å²) in [6.07, 6.45) is 2.56. The third kappa shape index (κ3) is 10.8. The number of hydrogen-bond acceptors (Lipinski definition) is 13. The van der Waals surface area contributed by atoms with E-state index in [-0.39, 0.29) is 42.7 Å². The fourth-order valence-electron chi connectivity index (χ4n) is 9.21. The molecule has 354 valence electrons. The van der Waals surface area contributed by atoms with Crippen LogP contribution in [-0.2, 0) is 23.9 Å². The van der Waals surface area contributed by atoms with Crippen molar-refractivity contribution in [3.63, 3.8) is 0 Å². The Morgan fingerprint density at radius 2 is 1.78 bits per heavy atom. The number of nitrogens with zero attached hydrogens (tertiary/aromatic N) is 4. The second kappa shape index (κ2) is 19.6. The van der Waals surface area contributed by atoms with Crippen LogP contribution < -0.4 is 25.4 Å². The third-order valence-electron chi connectivity index (χ3n) is 13.3. The van der Waals surface area contributed by atoms with Gasteiger partial charge in [-0.15, -0.1) is 17.9 Å². The lowest BCUT2D eigenvalue weighted by Crippen LogP contribution is -2.59. The normalized spacial score (nSPS) is 27.1. The molecule has 2 aliphatic heterocycles. The molecule has 9 atom stereocenters. The maximum Gasteiger partial charge on any atom is 0.408 e. The molecule has 18 heteroatoms. The highest BCUT2D eigenvalue weighted by Gasteiger charge is 2.61. The Kier molecular flexibility index (Phi) is 14.6. The number of aromatic nitrogens is 2. The number of nitrogens with one attached hydrogen (secondary N) is 3. The molecule has 16 nitrogen and oxygen atoms in total. The molecule has 0 spiro atoms. The van der Waals surface area contributed by atoms with Gasteiger partial charge in [-0.25, -0.2) is 19.6 Å². The van der Waals surface area contributed by atoms with Crippen molar-refractivity contribution in [3.05, 3.63) is 41.3 Å². The first-order valence-electron chi connectivity index (χ1n) is 22.7. The molecule has 4 heterocycles. The van der Waals surface area contributed by atoms with Crippen LogP contribution in [0.2, 0.25) is 5.02 Å². The zero-order valence-electron chi connectivity index (χ0n) is 38.6. The fourth-order valence-corrected chi connectivity index (χ4v) is 10.3. The van der Waals surface area contributed by atoms with Crippen molar-refractivity contribution in [2.24, 2.45) is 23.2 Å². The van der Waals surface area contributed by atoms with E-state index in [0.29, 0.717) is 63.9 Å². The molecule has 3 amide bonds. The summed E-state index contributed by atoms with van der Waals surface area (Å²) in [6.45, 7) is 20.3. The van der Waals surface area contributed by atoms with Crippen molar-refractivity contribution >= 4 is 62.8 Å². The van der Waals surface area contributed by atoms with Crippen LogP contribution in [0.1, 0.15) is 80.6 Å². The number of halogens is 1. The first kappa shape index (κ1) is 48.2. The highest BCUT2D eigenvalue weighted by atomic mass is 35.5. The molecule has 4 aliphatic rings. The number of carboxylic acid groups (broad SMARTS) is 1. The highest BCUT2D eigenvalue weighted by Crippen LogP contribution is 2.45. The van der Waals surface area contributed by atoms with Crippen LogP contribution >= 0.6 is 22.9 Å². The molecule has 3 aromatic rings. The minimum Gasteiger partial charge on any atom is -0.491 e. The smallest absolute Gasteiger partial charge is 0.408 e. The number of aliphatic carboxylic acids is 1. The highest BCUT2D eigenvalue weighted by molar-refractivity contribution is 7.14. The van der Waals surface area contributed by atoms with Gasteiger partial charge in [-0.1, -0.05) is 52.3 Å². The number of carbonyl (C=O) groups excluding carboxylic acids is 3. The second-order valence-electron chi connectivity index (χ2n) is 19.6. The Bertz CT molecular complexity index is 2260. The molecule has 65 heavy (non-hydrogen) atoms. The number of amides is 3. The number of carboxylic acids is 1. The summed E-state index contributed by atoms with van der Waals surface area (Å²) in [6, 6.07) is 3.26. The van der Waals surface area contributed by atoms with Gasteiger partial charge in [0.05, 0.1) is 23.9 Å². The second-order valence-corrected chi connectivity index (χ2v) is 20.8. The maximum atomic E-state index is 14.9. The average Bonchev–Trinajstić information content (AvgIpc) is 3.73. The quantitative estimate of drug-likeness (QED) is 0.101. The first-order valence-corrected chi connectivity index (χ1v) is 23.9. The van der Waals surface area contributed by atoms with Crippen LogP contribution in [0.25, 0.3) is 22.3 Å². The molecule has 2 aromatic heterocycles. The lowest BCUT2D eigenvalue weighted by atomic mass is 9.85. The fraction of sp³-hybridized carbons (Fsp3) is 0.617. The van der Waals surface area contributed by atoms with Gasteiger partial charge in [-0.2, -0.15) is 0 Å². The lowest BCUT2D eigenvalue weighted by molar-refractivity contribution is -0.146. The minimum atomic E-state index is -1.54. The number of hydrogen-bond donors (Lipinski definition) is 4. The number of thiazole rings is 1. The van der Waals surface area contributed by atoms with Crippen LogP contribution in [0, 0.1) is 23.2 Å². The van der Waals surface area contributed by atoms with Crippen molar-refractivity contribution < 1.29 is 43.2 Å². The molecule has 0 radical (unpaired) electrons. The van der Waals surface area contributed by atoms with E-state index in [2.05, 4.69) is 41.3 Å². The van der Waals surface area contributed by atoms with Gasteiger partial charge in [0.15, 0.2) is 5.13 Å². The number of alkyl carbamates (subject to hydrolysis) is 1. The summed E-state index contributed by atoms with van der Waals surface area (Å²) in [5.41, 5.74) is -0.877. The number of rotatable bonds is 17. The SMILES string of the molecule is C=C[C@@H]1C[C@]1(NC(=O)[C@@H]1C[C@@H](Oc2cc(-c3csc(NC(C)C)n3)nc3c(Cl)c(OCCN4CC[C@@H](OC)C4)ccc23)CN1C(=O)[C@@H](NC(=O)O[C@@H]1CC(C)[C@H](C)C1)C(C)(C)C)C(=O)O. The molecule has 4 N–H and O–H groups in total. The monoisotopic (exact) mass is 937 g/mol. The van der Waals surface area contributed by atoms with E-state index in [1.165, 1.54) is 22.3 Å². The molecule has 1 unspecified atom stereocenters. The average molecular weight is 939 g/mol. The standard InChI is InChI=1S/C47H64ClN7O9S/c1-10-28-21-47(28,43(58)59)53-41(56)35-19-31(23-55(35)42(57)40(46(6,7)8)52-45(60)64-30-17-26(4)27(5)18-30)63-37-20-33(34-24-65-44(51-34)49-25(2)3)50-39-32(37)11-12-36(38(39)48)62-16-15-54-14-13-29(22-54)61-9/h10-12,20,24-31,35,40H,1,13-19,21-23H2,2-9H3,(H,49,51)(H,52,60)(H,53,56)(H,58,59)/t26-,27?,28-,29-,30+,31-,35+,40-,47-/m1/s1. The Morgan fingerprint density at radius 3 is 2.42 bits per heavy atom. The van der Waals surface area contributed by atoms with Gasteiger partial charge in [-0.05, 0) is 68.9 Å². The molecular formula is C47H64ClN7O9S. The van der Waals surface area contributed by atoms with E-state index in [4.69, 9.17) is 40.5 Å². The van der Waals surface area contributed by atoms with E-state index in [0.717, 1.165) is 32.4 Å². The van der Waals surface area contributed by atoms with Gasteiger partial charge >= 0.3 is 12.1 Å². The number of benzene rings is 1. The largest absolute Gasteiger partial charge is 0.491 e. The van der Waals surface area contributed by atoms with Crippen LogP contribution in [-0.4, -0.2) is 131 Å². The molecule has 2 saturated heterocycles. The Morgan fingerprint density at radius 1 is 1.05 bits per heavy atom. The first-order chi connectivity index (χ1) is 30.8. The Labute approximate surface area is 390 Å². The maximum absolute atomic E-state index is 14.9. The summed E-state index contributed by atoms with van der Waals surface area (Å²) in [5.74, 6) is -1.22. The molecule has 4 fully saturated rings. The zero-order chi connectivity index (χ0) is 47.0. The number of carbonyl (C=O) groups is 4. The molecule has 2 aliphatic carbocycles. The van der Waals surface area contributed by atoms with Gasteiger partial charge < -0.3 is 44.9 Å². The van der Waals surface area contributed by atoms with Crippen molar-refractivity contribution in [2.75, 3.05) is 45.2 Å². The topological polar surface area (TPSA) is 194 Å². The van der Waals surface area contributed by atoms with E-state index >= 15 is 0 Å². The lowest BCUT2D eigenvalue weighted by Gasteiger charge is -2.35. The summed E-state index contributed by atoms with van der Waals surface area (Å²) >= 11 is 8.56. The summed E-state index contributed by atoms with van der Waals surface area (Å²) < 4.78 is 24.4. The third-order valence-corrected chi connectivity index (χ3v) is 14.5. The Balaban J connectivity index is 1.19. The van der Waals surface area contributed by atoms with Crippen molar-refractivity contribution in [1.82, 2.24) is 30.4 Å².